The topological polar surface area (TPSA) is 72.6 Å². The Kier molecular flexibility index (Phi) is 3.77. The number of aromatic nitrogens is 6. The molecule has 7 nitrogen and oxygen atoms in total. The minimum absolute atomic E-state index is 0.178. The Bertz CT molecular complexity index is 565. The lowest BCUT2D eigenvalue weighted by Crippen LogP contribution is -2.34. The van der Waals surface area contributed by atoms with E-state index in [1.807, 2.05) is 0 Å². The van der Waals surface area contributed by atoms with Crippen LogP contribution in [0, 0.1) is 0 Å². The quantitative estimate of drug-likeness (QED) is 0.857. The highest BCUT2D eigenvalue weighted by Crippen LogP contribution is 2.26. The van der Waals surface area contributed by atoms with Gasteiger partial charge >= 0.3 is 0 Å². The van der Waals surface area contributed by atoms with Gasteiger partial charge in [0.05, 0.1) is 0 Å². The van der Waals surface area contributed by atoms with Crippen LogP contribution < -0.4 is 4.90 Å². The SMILES string of the molecule is CCN(c1nc(Cl)nc(-n2cncn2)n1)C1CCCC1. The van der Waals surface area contributed by atoms with Crippen molar-refractivity contribution in [3.8, 4) is 5.95 Å². The molecule has 1 aliphatic rings. The van der Waals surface area contributed by atoms with Crippen LogP contribution in [0.4, 0.5) is 5.95 Å². The first-order valence-electron chi connectivity index (χ1n) is 6.81. The largest absolute Gasteiger partial charge is 0.338 e. The van der Waals surface area contributed by atoms with Gasteiger partial charge in [-0.25, -0.2) is 4.98 Å². The fraction of sp³-hybridized carbons (Fsp3) is 0.583. The molecular weight excluding hydrogens is 278 g/mol. The summed E-state index contributed by atoms with van der Waals surface area (Å²) in [6, 6.07) is 0.488. The summed E-state index contributed by atoms with van der Waals surface area (Å²) >= 11 is 6.02. The Hall–Kier alpha value is -1.76. The van der Waals surface area contributed by atoms with Gasteiger partial charge in [-0.1, -0.05) is 12.8 Å². The lowest BCUT2D eigenvalue weighted by Gasteiger charge is -2.27. The van der Waals surface area contributed by atoms with E-state index >= 15 is 0 Å². The molecule has 0 atom stereocenters. The summed E-state index contributed by atoms with van der Waals surface area (Å²) in [5.41, 5.74) is 0. The van der Waals surface area contributed by atoms with E-state index in [2.05, 4.69) is 36.9 Å². The van der Waals surface area contributed by atoms with Crippen molar-refractivity contribution in [1.82, 2.24) is 29.7 Å². The van der Waals surface area contributed by atoms with Crippen molar-refractivity contribution in [2.45, 2.75) is 38.6 Å². The maximum absolute atomic E-state index is 6.02. The second-order valence-corrected chi connectivity index (χ2v) is 5.11. The van der Waals surface area contributed by atoms with Gasteiger partial charge in [-0.2, -0.15) is 24.7 Å². The molecule has 0 N–H and O–H groups in total. The smallest absolute Gasteiger partial charge is 0.258 e. The second-order valence-electron chi connectivity index (χ2n) is 4.77. The van der Waals surface area contributed by atoms with E-state index in [0.717, 1.165) is 6.54 Å². The van der Waals surface area contributed by atoms with Gasteiger partial charge in [0, 0.05) is 12.6 Å². The van der Waals surface area contributed by atoms with Crippen molar-refractivity contribution in [2.75, 3.05) is 11.4 Å². The minimum Gasteiger partial charge on any atom is -0.338 e. The maximum Gasteiger partial charge on any atom is 0.258 e. The first kappa shape index (κ1) is 13.2. The van der Waals surface area contributed by atoms with E-state index < -0.39 is 0 Å². The van der Waals surface area contributed by atoms with Gasteiger partial charge in [0.1, 0.15) is 12.7 Å². The number of halogens is 1. The molecule has 0 bridgehead atoms. The Balaban J connectivity index is 1.95. The van der Waals surface area contributed by atoms with Gasteiger partial charge in [0.2, 0.25) is 11.2 Å². The first-order valence-corrected chi connectivity index (χ1v) is 7.19. The summed E-state index contributed by atoms with van der Waals surface area (Å²) in [7, 11) is 0. The average molecular weight is 294 g/mol. The number of nitrogens with zero attached hydrogens (tertiary/aromatic N) is 7. The molecule has 8 heteroatoms. The molecule has 0 spiro atoms. The Morgan fingerprint density at radius 3 is 2.75 bits per heavy atom. The molecule has 1 aliphatic carbocycles. The average Bonchev–Trinajstić information content (AvgIpc) is 3.12. The molecule has 2 aromatic heterocycles. The summed E-state index contributed by atoms with van der Waals surface area (Å²) in [5.74, 6) is 1.01. The van der Waals surface area contributed by atoms with Crippen molar-refractivity contribution in [3.63, 3.8) is 0 Å². The number of hydrogen-bond acceptors (Lipinski definition) is 6. The predicted molar refractivity (Wildman–Crippen MR) is 75.0 cm³/mol. The van der Waals surface area contributed by atoms with Gasteiger partial charge in [-0.3, -0.25) is 0 Å². The van der Waals surface area contributed by atoms with E-state index in [1.165, 1.54) is 36.7 Å². The summed E-state index contributed by atoms with van der Waals surface area (Å²) < 4.78 is 1.49. The highest BCUT2D eigenvalue weighted by Gasteiger charge is 2.24. The van der Waals surface area contributed by atoms with Crippen LogP contribution in [-0.4, -0.2) is 42.3 Å². The Morgan fingerprint density at radius 2 is 2.10 bits per heavy atom. The zero-order valence-corrected chi connectivity index (χ0v) is 12.0. The van der Waals surface area contributed by atoms with E-state index in [-0.39, 0.29) is 5.28 Å². The number of hydrogen-bond donors (Lipinski definition) is 0. The van der Waals surface area contributed by atoms with Gasteiger partial charge in [-0.15, -0.1) is 0 Å². The van der Waals surface area contributed by atoms with Crippen molar-refractivity contribution in [1.29, 1.82) is 0 Å². The zero-order chi connectivity index (χ0) is 13.9. The highest BCUT2D eigenvalue weighted by molar-refractivity contribution is 6.28. The Morgan fingerprint density at radius 1 is 1.30 bits per heavy atom. The molecule has 106 valence electrons. The third-order valence-electron chi connectivity index (χ3n) is 3.57. The lowest BCUT2D eigenvalue weighted by molar-refractivity contribution is 0.601. The van der Waals surface area contributed by atoms with E-state index in [9.17, 15) is 0 Å². The molecule has 1 fully saturated rings. The maximum atomic E-state index is 6.02. The van der Waals surface area contributed by atoms with Crippen molar-refractivity contribution < 1.29 is 0 Å². The Labute approximate surface area is 122 Å². The third-order valence-corrected chi connectivity index (χ3v) is 3.74. The molecule has 0 saturated heterocycles. The predicted octanol–water partition coefficient (Wildman–Crippen LogP) is 1.87. The van der Waals surface area contributed by atoms with Crippen LogP contribution in [0.5, 0.6) is 0 Å². The molecular formula is C12H16ClN7. The van der Waals surface area contributed by atoms with Crippen LogP contribution in [0.3, 0.4) is 0 Å². The van der Waals surface area contributed by atoms with Crippen LogP contribution in [0.15, 0.2) is 12.7 Å². The van der Waals surface area contributed by atoms with Crippen LogP contribution in [0.25, 0.3) is 5.95 Å². The molecule has 20 heavy (non-hydrogen) atoms. The summed E-state index contributed by atoms with van der Waals surface area (Å²) in [6.07, 6.45) is 7.85. The molecule has 0 aromatic carbocycles. The van der Waals surface area contributed by atoms with Gasteiger partial charge in [-0.05, 0) is 31.4 Å². The number of rotatable bonds is 4. The van der Waals surface area contributed by atoms with Crippen LogP contribution >= 0.6 is 11.6 Å². The van der Waals surface area contributed by atoms with E-state index in [1.54, 1.807) is 6.33 Å². The molecule has 0 amide bonds. The van der Waals surface area contributed by atoms with Gasteiger partial charge < -0.3 is 4.90 Å². The monoisotopic (exact) mass is 293 g/mol. The molecule has 2 heterocycles. The lowest BCUT2D eigenvalue weighted by atomic mass is 10.2. The summed E-state index contributed by atoms with van der Waals surface area (Å²) in [4.78, 5) is 18.9. The van der Waals surface area contributed by atoms with Crippen LogP contribution in [0.2, 0.25) is 5.28 Å². The fourth-order valence-corrected chi connectivity index (χ4v) is 2.80. The molecule has 3 rings (SSSR count). The standard InChI is InChI=1S/C12H16ClN7/c1-2-19(9-5-3-4-6-9)11-16-10(13)17-12(18-11)20-8-14-7-15-20/h7-9H,2-6H2,1H3. The van der Waals surface area contributed by atoms with Crippen molar-refractivity contribution >= 4 is 17.5 Å². The summed E-state index contributed by atoms with van der Waals surface area (Å²) in [5, 5.41) is 4.20. The highest BCUT2D eigenvalue weighted by atomic mass is 35.5. The normalized spacial score (nSPS) is 15.7. The molecule has 2 aromatic rings. The van der Waals surface area contributed by atoms with Gasteiger partial charge in [0.15, 0.2) is 0 Å². The minimum atomic E-state index is 0.178. The van der Waals surface area contributed by atoms with E-state index in [4.69, 9.17) is 11.6 Å². The first-order chi connectivity index (χ1) is 9.78. The molecule has 0 aliphatic heterocycles. The van der Waals surface area contributed by atoms with E-state index in [0.29, 0.717) is 17.9 Å². The van der Waals surface area contributed by atoms with Crippen molar-refractivity contribution in [2.24, 2.45) is 0 Å². The zero-order valence-electron chi connectivity index (χ0n) is 11.3. The fourth-order valence-electron chi connectivity index (χ4n) is 2.65. The van der Waals surface area contributed by atoms with Crippen LogP contribution in [-0.2, 0) is 0 Å². The molecule has 0 radical (unpaired) electrons. The molecule has 0 unspecified atom stereocenters. The van der Waals surface area contributed by atoms with Crippen LogP contribution in [0.1, 0.15) is 32.6 Å². The second kappa shape index (κ2) is 5.70. The number of anilines is 1. The third kappa shape index (κ3) is 2.58. The van der Waals surface area contributed by atoms with Gasteiger partial charge in [0.25, 0.3) is 5.95 Å². The summed E-state index contributed by atoms with van der Waals surface area (Å²) in [6.45, 7) is 2.95. The van der Waals surface area contributed by atoms with Crippen molar-refractivity contribution in [3.05, 3.63) is 17.9 Å². The molecule has 1 saturated carbocycles.